The third kappa shape index (κ3) is 2.80. The summed E-state index contributed by atoms with van der Waals surface area (Å²) >= 11 is 6.08. The highest BCUT2D eigenvalue weighted by molar-refractivity contribution is 6.31. The van der Waals surface area contributed by atoms with Gasteiger partial charge in [-0.15, -0.1) is 0 Å². The SMILES string of the molecule is Cc1nn(C)c(C)c1NC(=O)CN1C(=O)C(C)(C)c2cc(Cl)ccc21. The molecule has 25 heavy (non-hydrogen) atoms. The summed E-state index contributed by atoms with van der Waals surface area (Å²) in [4.78, 5) is 26.9. The van der Waals surface area contributed by atoms with Crippen molar-refractivity contribution in [1.82, 2.24) is 9.78 Å². The Morgan fingerprint density at radius 3 is 2.60 bits per heavy atom. The lowest BCUT2D eigenvalue weighted by Crippen LogP contribution is -2.40. The van der Waals surface area contributed by atoms with Gasteiger partial charge in [-0.1, -0.05) is 11.6 Å². The summed E-state index contributed by atoms with van der Waals surface area (Å²) in [7, 11) is 1.82. The van der Waals surface area contributed by atoms with Crippen molar-refractivity contribution in [3.8, 4) is 0 Å². The first-order chi connectivity index (χ1) is 11.6. The Kier molecular flexibility index (Phi) is 4.11. The highest BCUT2D eigenvalue weighted by Gasteiger charge is 2.44. The maximum Gasteiger partial charge on any atom is 0.244 e. The van der Waals surface area contributed by atoms with Crippen molar-refractivity contribution in [3.05, 3.63) is 40.2 Å². The molecular formula is C18H21ClN4O2. The van der Waals surface area contributed by atoms with Crippen LogP contribution in [0.3, 0.4) is 0 Å². The fourth-order valence-corrected chi connectivity index (χ4v) is 3.41. The van der Waals surface area contributed by atoms with Gasteiger partial charge in [0.2, 0.25) is 11.8 Å². The predicted molar refractivity (Wildman–Crippen MR) is 98.1 cm³/mol. The molecule has 3 rings (SSSR count). The summed E-state index contributed by atoms with van der Waals surface area (Å²) in [6, 6.07) is 5.32. The molecule has 1 aromatic carbocycles. The minimum absolute atomic E-state index is 0.0509. The average Bonchev–Trinajstić information content (AvgIpc) is 2.87. The first kappa shape index (κ1) is 17.5. The van der Waals surface area contributed by atoms with Crippen LogP contribution in [0.5, 0.6) is 0 Å². The monoisotopic (exact) mass is 360 g/mol. The van der Waals surface area contributed by atoms with E-state index in [2.05, 4.69) is 10.4 Å². The molecule has 1 aliphatic rings. The van der Waals surface area contributed by atoms with Crippen molar-refractivity contribution in [2.24, 2.45) is 7.05 Å². The molecule has 0 saturated heterocycles. The van der Waals surface area contributed by atoms with E-state index in [4.69, 9.17) is 11.6 Å². The van der Waals surface area contributed by atoms with Crippen LogP contribution < -0.4 is 10.2 Å². The number of rotatable bonds is 3. The second kappa shape index (κ2) is 5.88. The number of amides is 2. The first-order valence-corrected chi connectivity index (χ1v) is 8.42. The lowest BCUT2D eigenvalue weighted by molar-refractivity contribution is -0.124. The number of hydrogen-bond donors (Lipinski definition) is 1. The molecule has 2 heterocycles. The molecule has 1 N–H and O–H groups in total. The summed E-state index contributed by atoms with van der Waals surface area (Å²) < 4.78 is 1.71. The highest BCUT2D eigenvalue weighted by atomic mass is 35.5. The third-order valence-corrected chi connectivity index (χ3v) is 5.01. The van der Waals surface area contributed by atoms with Gasteiger partial charge in [0, 0.05) is 17.8 Å². The van der Waals surface area contributed by atoms with Crippen LogP contribution >= 0.6 is 11.6 Å². The number of carbonyl (C=O) groups is 2. The maximum atomic E-state index is 12.8. The van der Waals surface area contributed by atoms with E-state index in [-0.39, 0.29) is 18.4 Å². The quantitative estimate of drug-likeness (QED) is 0.915. The van der Waals surface area contributed by atoms with Crippen molar-refractivity contribution >= 4 is 34.8 Å². The van der Waals surface area contributed by atoms with Crippen LogP contribution in [0.15, 0.2) is 18.2 Å². The van der Waals surface area contributed by atoms with Crippen LogP contribution in [0.2, 0.25) is 5.02 Å². The number of carbonyl (C=O) groups excluding carboxylic acids is 2. The van der Waals surface area contributed by atoms with Crippen LogP contribution in [0.1, 0.15) is 30.8 Å². The largest absolute Gasteiger partial charge is 0.321 e. The van der Waals surface area contributed by atoms with E-state index in [1.807, 2.05) is 34.7 Å². The van der Waals surface area contributed by atoms with Crippen molar-refractivity contribution in [1.29, 1.82) is 0 Å². The molecule has 0 aliphatic carbocycles. The van der Waals surface area contributed by atoms with Gasteiger partial charge < -0.3 is 10.2 Å². The van der Waals surface area contributed by atoms with Crippen LogP contribution in [-0.2, 0) is 22.1 Å². The van der Waals surface area contributed by atoms with Gasteiger partial charge in [0.1, 0.15) is 6.54 Å². The molecule has 1 aliphatic heterocycles. The minimum Gasteiger partial charge on any atom is -0.321 e. The molecule has 0 spiro atoms. The second-order valence-electron chi connectivity index (χ2n) is 6.90. The Morgan fingerprint density at radius 1 is 1.32 bits per heavy atom. The number of hydrogen-bond acceptors (Lipinski definition) is 3. The number of fused-ring (bicyclic) bond motifs is 1. The van der Waals surface area contributed by atoms with Crippen LogP contribution in [-0.4, -0.2) is 28.1 Å². The van der Waals surface area contributed by atoms with Crippen LogP contribution in [0, 0.1) is 13.8 Å². The molecule has 6 nitrogen and oxygen atoms in total. The summed E-state index contributed by atoms with van der Waals surface area (Å²) in [5.41, 5.74) is 3.16. The molecule has 0 saturated carbocycles. The van der Waals surface area contributed by atoms with E-state index in [9.17, 15) is 9.59 Å². The summed E-state index contributed by atoms with van der Waals surface area (Å²) in [5.74, 6) is -0.370. The number of aryl methyl sites for hydroxylation is 2. The number of anilines is 2. The Balaban J connectivity index is 1.86. The molecule has 2 amide bonds. The zero-order valence-electron chi connectivity index (χ0n) is 15.0. The van der Waals surface area contributed by atoms with E-state index in [0.717, 1.165) is 22.6 Å². The minimum atomic E-state index is -0.708. The summed E-state index contributed by atoms with van der Waals surface area (Å²) in [6.45, 7) is 7.36. The fourth-order valence-electron chi connectivity index (χ4n) is 3.24. The molecule has 7 heteroatoms. The fraction of sp³-hybridized carbons (Fsp3) is 0.389. The van der Waals surface area contributed by atoms with E-state index >= 15 is 0 Å². The number of benzene rings is 1. The van der Waals surface area contributed by atoms with Crippen molar-refractivity contribution in [2.45, 2.75) is 33.1 Å². The smallest absolute Gasteiger partial charge is 0.244 e. The molecule has 0 radical (unpaired) electrons. The molecule has 1 aromatic heterocycles. The van der Waals surface area contributed by atoms with Gasteiger partial charge in [-0.05, 0) is 51.5 Å². The molecule has 0 unspecified atom stereocenters. The van der Waals surface area contributed by atoms with Gasteiger partial charge in [-0.25, -0.2) is 0 Å². The Bertz CT molecular complexity index is 885. The molecule has 0 bridgehead atoms. The molecule has 0 atom stereocenters. The van der Waals surface area contributed by atoms with Crippen LogP contribution in [0.25, 0.3) is 0 Å². The van der Waals surface area contributed by atoms with Crippen molar-refractivity contribution < 1.29 is 9.59 Å². The number of halogens is 1. The van der Waals surface area contributed by atoms with Gasteiger partial charge in [-0.2, -0.15) is 5.10 Å². The normalized spacial score (nSPS) is 15.4. The third-order valence-electron chi connectivity index (χ3n) is 4.78. The van der Waals surface area contributed by atoms with E-state index < -0.39 is 5.41 Å². The van der Waals surface area contributed by atoms with E-state index in [0.29, 0.717) is 10.7 Å². The molecule has 132 valence electrons. The zero-order valence-corrected chi connectivity index (χ0v) is 15.7. The number of aromatic nitrogens is 2. The Labute approximate surface area is 151 Å². The Hall–Kier alpha value is -2.34. The lowest BCUT2D eigenvalue weighted by Gasteiger charge is -2.20. The van der Waals surface area contributed by atoms with Gasteiger partial charge in [0.15, 0.2) is 0 Å². The lowest BCUT2D eigenvalue weighted by atomic mass is 9.86. The highest BCUT2D eigenvalue weighted by Crippen LogP contribution is 2.42. The number of nitrogens with one attached hydrogen (secondary N) is 1. The van der Waals surface area contributed by atoms with Gasteiger partial charge in [0.25, 0.3) is 0 Å². The van der Waals surface area contributed by atoms with Crippen molar-refractivity contribution in [2.75, 3.05) is 16.8 Å². The van der Waals surface area contributed by atoms with Crippen molar-refractivity contribution in [3.63, 3.8) is 0 Å². The van der Waals surface area contributed by atoms with Gasteiger partial charge in [-0.3, -0.25) is 14.3 Å². The van der Waals surface area contributed by atoms with Gasteiger partial charge >= 0.3 is 0 Å². The van der Waals surface area contributed by atoms with E-state index in [1.165, 1.54) is 4.90 Å². The van der Waals surface area contributed by atoms with Gasteiger partial charge in [0.05, 0.1) is 22.5 Å². The number of nitrogens with zero attached hydrogens (tertiary/aromatic N) is 3. The Morgan fingerprint density at radius 2 is 2.00 bits per heavy atom. The molecule has 2 aromatic rings. The zero-order chi connectivity index (χ0) is 18.5. The summed E-state index contributed by atoms with van der Waals surface area (Å²) in [6.07, 6.45) is 0. The van der Waals surface area contributed by atoms with Crippen LogP contribution in [0.4, 0.5) is 11.4 Å². The maximum absolute atomic E-state index is 12.8. The second-order valence-corrected chi connectivity index (χ2v) is 7.33. The molecular weight excluding hydrogens is 340 g/mol. The summed E-state index contributed by atoms with van der Waals surface area (Å²) in [5, 5.41) is 7.74. The average molecular weight is 361 g/mol. The first-order valence-electron chi connectivity index (χ1n) is 8.05. The predicted octanol–water partition coefficient (Wildman–Crippen LogP) is 2.95. The topological polar surface area (TPSA) is 67.2 Å². The standard InChI is InChI=1S/C18H21ClN4O2/c1-10-16(11(2)22(5)21-10)20-15(24)9-23-14-7-6-12(19)8-13(14)18(3,4)17(23)25/h6-8H,9H2,1-5H3,(H,20,24). The molecule has 0 fully saturated rings. The van der Waals surface area contributed by atoms with E-state index in [1.54, 1.807) is 22.9 Å².